The Balaban J connectivity index is 1.91. The van der Waals surface area contributed by atoms with Crippen molar-refractivity contribution in [1.82, 2.24) is 9.97 Å². The van der Waals surface area contributed by atoms with E-state index in [9.17, 15) is 4.79 Å². The van der Waals surface area contributed by atoms with E-state index < -0.39 is 0 Å². The summed E-state index contributed by atoms with van der Waals surface area (Å²) in [5, 5.41) is 0. The molecule has 28 heavy (non-hydrogen) atoms. The number of esters is 1. The summed E-state index contributed by atoms with van der Waals surface area (Å²) in [5.74, 6) is 0.397. The molecule has 0 amide bonds. The van der Waals surface area contributed by atoms with Gasteiger partial charge in [-0.05, 0) is 49.2 Å². The number of rotatable bonds is 4. The van der Waals surface area contributed by atoms with Gasteiger partial charge in [-0.2, -0.15) is 0 Å². The second-order valence-electron chi connectivity index (χ2n) is 7.18. The number of nitrogens with zero attached hydrogens (tertiary/aromatic N) is 4. The molecule has 0 atom stereocenters. The first kappa shape index (κ1) is 18.1. The minimum Gasteiger partial charge on any atom is -0.465 e. The van der Waals surface area contributed by atoms with Crippen LogP contribution in [0.15, 0.2) is 41.4 Å². The SMILES string of the molecule is COC(=O)c1ccc2nc(-c3ccc4c(c3)CN=C4)c(N(C)C(C)C)nc2c1. The third-order valence-electron chi connectivity index (χ3n) is 5.08. The smallest absolute Gasteiger partial charge is 0.337 e. The quantitative estimate of drug-likeness (QED) is 0.649. The highest BCUT2D eigenvalue weighted by atomic mass is 16.5. The summed E-state index contributed by atoms with van der Waals surface area (Å²) in [6.07, 6.45) is 1.90. The molecule has 0 unspecified atom stereocenters. The van der Waals surface area contributed by atoms with Gasteiger partial charge in [0.05, 0.1) is 30.3 Å². The van der Waals surface area contributed by atoms with Gasteiger partial charge < -0.3 is 9.64 Å². The molecule has 0 fully saturated rings. The molecule has 1 aliphatic heterocycles. The van der Waals surface area contributed by atoms with E-state index in [1.807, 2.05) is 19.3 Å². The number of hydrogen-bond donors (Lipinski definition) is 0. The van der Waals surface area contributed by atoms with Crippen LogP contribution in [0.4, 0.5) is 5.82 Å². The van der Waals surface area contributed by atoms with Gasteiger partial charge in [-0.1, -0.05) is 12.1 Å². The lowest BCUT2D eigenvalue weighted by molar-refractivity contribution is 0.0601. The van der Waals surface area contributed by atoms with E-state index in [2.05, 4.69) is 41.9 Å². The van der Waals surface area contributed by atoms with E-state index in [0.717, 1.165) is 28.2 Å². The largest absolute Gasteiger partial charge is 0.465 e. The molecular weight excluding hydrogens is 352 g/mol. The van der Waals surface area contributed by atoms with Gasteiger partial charge in [0.1, 0.15) is 5.69 Å². The maximum absolute atomic E-state index is 11.9. The first-order valence-corrected chi connectivity index (χ1v) is 9.24. The predicted molar refractivity (Wildman–Crippen MR) is 111 cm³/mol. The summed E-state index contributed by atoms with van der Waals surface area (Å²) in [5.41, 5.74) is 6.05. The number of aliphatic imine (C=N–C) groups is 1. The molecule has 142 valence electrons. The van der Waals surface area contributed by atoms with E-state index in [0.29, 0.717) is 17.6 Å². The number of methoxy groups -OCH3 is 1. The van der Waals surface area contributed by atoms with E-state index >= 15 is 0 Å². The minimum absolute atomic E-state index is 0.243. The van der Waals surface area contributed by atoms with Crippen LogP contribution in [0, 0.1) is 0 Å². The zero-order valence-corrected chi connectivity index (χ0v) is 16.4. The molecule has 2 heterocycles. The summed E-state index contributed by atoms with van der Waals surface area (Å²) in [6.45, 7) is 4.91. The molecule has 6 heteroatoms. The molecule has 0 saturated heterocycles. The van der Waals surface area contributed by atoms with Gasteiger partial charge in [0.15, 0.2) is 5.82 Å². The number of aromatic nitrogens is 2. The zero-order valence-electron chi connectivity index (χ0n) is 16.4. The van der Waals surface area contributed by atoms with Gasteiger partial charge in [-0.15, -0.1) is 0 Å². The van der Waals surface area contributed by atoms with Crippen molar-refractivity contribution in [3.8, 4) is 11.3 Å². The Kier molecular flexibility index (Phi) is 4.55. The normalized spacial score (nSPS) is 12.5. The molecule has 0 N–H and O–H groups in total. The molecule has 0 bridgehead atoms. The summed E-state index contributed by atoms with van der Waals surface area (Å²) < 4.78 is 4.83. The zero-order chi connectivity index (χ0) is 19.8. The molecular formula is C22H22N4O2. The number of carbonyl (C=O) groups is 1. The average Bonchev–Trinajstić information content (AvgIpc) is 3.18. The fraction of sp³-hybridized carbons (Fsp3) is 0.273. The van der Waals surface area contributed by atoms with Gasteiger partial charge in [-0.25, -0.2) is 14.8 Å². The monoisotopic (exact) mass is 374 g/mol. The molecule has 2 aromatic carbocycles. The third kappa shape index (κ3) is 3.11. The van der Waals surface area contributed by atoms with Crippen LogP contribution >= 0.6 is 0 Å². The molecule has 1 aliphatic rings. The van der Waals surface area contributed by atoms with Crippen molar-refractivity contribution in [2.45, 2.75) is 26.4 Å². The lowest BCUT2D eigenvalue weighted by Gasteiger charge is -2.25. The lowest BCUT2D eigenvalue weighted by Crippen LogP contribution is -2.27. The topological polar surface area (TPSA) is 67.7 Å². The summed E-state index contributed by atoms with van der Waals surface area (Å²) in [6, 6.07) is 11.8. The Bertz CT molecular complexity index is 1110. The maximum Gasteiger partial charge on any atom is 0.337 e. The average molecular weight is 374 g/mol. The Hall–Kier alpha value is -3.28. The first-order valence-electron chi connectivity index (χ1n) is 9.24. The molecule has 6 nitrogen and oxygen atoms in total. The van der Waals surface area contributed by atoms with Crippen LogP contribution < -0.4 is 4.90 Å². The van der Waals surface area contributed by atoms with Gasteiger partial charge in [0, 0.05) is 24.9 Å². The maximum atomic E-state index is 11.9. The Morgan fingerprint density at radius 2 is 1.93 bits per heavy atom. The minimum atomic E-state index is -0.384. The van der Waals surface area contributed by atoms with Crippen LogP contribution in [-0.4, -0.2) is 42.4 Å². The highest BCUT2D eigenvalue weighted by Gasteiger charge is 2.19. The van der Waals surface area contributed by atoms with E-state index in [1.165, 1.54) is 12.7 Å². The lowest BCUT2D eigenvalue weighted by atomic mass is 10.0. The van der Waals surface area contributed by atoms with Gasteiger partial charge in [0.25, 0.3) is 0 Å². The van der Waals surface area contributed by atoms with Crippen molar-refractivity contribution in [3.05, 3.63) is 53.1 Å². The number of anilines is 1. The van der Waals surface area contributed by atoms with Crippen LogP contribution in [0.1, 0.15) is 35.3 Å². The van der Waals surface area contributed by atoms with Crippen molar-refractivity contribution in [1.29, 1.82) is 0 Å². The number of hydrogen-bond acceptors (Lipinski definition) is 6. The Morgan fingerprint density at radius 1 is 1.11 bits per heavy atom. The van der Waals surface area contributed by atoms with E-state index in [4.69, 9.17) is 14.7 Å². The second-order valence-corrected chi connectivity index (χ2v) is 7.18. The highest BCUT2D eigenvalue weighted by molar-refractivity contribution is 5.94. The van der Waals surface area contributed by atoms with Crippen molar-refractivity contribution in [2.24, 2.45) is 4.99 Å². The number of benzene rings is 2. The van der Waals surface area contributed by atoms with Crippen molar-refractivity contribution < 1.29 is 9.53 Å². The summed E-state index contributed by atoms with van der Waals surface area (Å²) in [4.78, 5) is 28.1. The Labute approximate surface area is 163 Å². The highest BCUT2D eigenvalue weighted by Crippen LogP contribution is 2.32. The van der Waals surface area contributed by atoms with Crippen LogP contribution in [-0.2, 0) is 11.3 Å². The van der Waals surface area contributed by atoms with Gasteiger partial charge in [0.2, 0.25) is 0 Å². The number of fused-ring (bicyclic) bond motifs is 2. The van der Waals surface area contributed by atoms with Crippen LogP contribution in [0.2, 0.25) is 0 Å². The third-order valence-corrected chi connectivity index (χ3v) is 5.08. The van der Waals surface area contributed by atoms with Gasteiger partial charge >= 0.3 is 5.97 Å². The molecule has 0 spiro atoms. The molecule has 4 rings (SSSR count). The Morgan fingerprint density at radius 3 is 2.68 bits per heavy atom. The van der Waals surface area contributed by atoms with Crippen molar-refractivity contribution in [3.63, 3.8) is 0 Å². The summed E-state index contributed by atoms with van der Waals surface area (Å²) in [7, 11) is 3.38. The molecule has 0 saturated carbocycles. The fourth-order valence-corrected chi connectivity index (χ4v) is 3.23. The van der Waals surface area contributed by atoms with E-state index in [1.54, 1.807) is 12.1 Å². The molecule has 0 radical (unpaired) electrons. The van der Waals surface area contributed by atoms with E-state index in [-0.39, 0.29) is 12.0 Å². The number of ether oxygens (including phenoxy) is 1. The molecule has 3 aromatic rings. The standard InChI is InChI=1S/C22H22N4O2/c1-13(2)26(3)21-20(14-5-6-16-11-23-12-17(16)9-14)24-18-8-7-15(22(27)28-4)10-19(18)25-21/h5-11,13H,12H2,1-4H3. The second kappa shape index (κ2) is 7.03. The van der Waals surface area contributed by atoms with Crippen LogP contribution in [0.25, 0.3) is 22.3 Å². The number of carbonyl (C=O) groups excluding carboxylic acids is 1. The van der Waals surface area contributed by atoms with Gasteiger partial charge in [-0.3, -0.25) is 4.99 Å². The first-order chi connectivity index (χ1) is 13.5. The molecule has 1 aromatic heterocycles. The predicted octanol–water partition coefficient (Wildman–Crippen LogP) is 3.86. The molecule has 0 aliphatic carbocycles. The summed E-state index contributed by atoms with van der Waals surface area (Å²) >= 11 is 0. The van der Waals surface area contributed by atoms with Crippen LogP contribution in [0.5, 0.6) is 0 Å². The van der Waals surface area contributed by atoms with Crippen molar-refractivity contribution >= 4 is 29.0 Å². The van der Waals surface area contributed by atoms with Crippen LogP contribution in [0.3, 0.4) is 0 Å². The fourth-order valence-electron chi connectivity index (χ4n) is 3.23. The van der Waals surface area contributed by atoms with Crippen molar-refractivity contribution in [2.75, 3.05) is 19.1 Å².